The summed E-state index contributed by atoms with van der Waals surface area (Å²) < 4.78 is 0. The van der Waals surface area contributed by atoms with Gasteiger partial charge in [-0.3, -0.25) is 9.59 Å². The molecule has 0 radical (unpaired) electrons. The fraction of sp³-hybridized carbons (Fsp3) is 0. The number of imide groups is 1. The molecule has 0 saturated carbocycles. The molecule has 65 heavy (non-hydrogen) atoms. The molecule has 9 aromatic rings. The first-order valence-corrected chi connectivity index (χ1v) is 21.0. The normalized spacial score (nSPS) is 12.5. The van der Waals surface area contributed by atoms with Gasteiger partial charge >= 0.3 is 16.5 Å². The standard InChI is InChI=1S/C56H36N6O2.Ni/c57-37-21-23-38(24-22-37)62-55(63)41-31-39-40(32-42(41)56(62)64)54-52(36-19-11-4-12-20-36)48-30-28-46(60-48)50(34-15-7-2-8-16-34)44-26-25-43(58-44)49(33-13-5-1-6-14-33)45-27-29-47(59-45)51(53(39)61-54)35-17-9-3-10-18-35;/h1-32H,57H2,(H2,58,59,60,61,63,64);/q;+2/p-2. The van der Waals surface area contributed by atoms with Crippen LogP contribution in [0.4, 0.5) is 11.4 Å². The number of nitrogen functional groups attached to an aromatic ring is 1. The summed E-state index contributed by atoms with van der Waals surface area (Å²) in [7, 11) is 0. The largest absolute Gasteiger partial charge is 2.00 e. The molecule has 8 nitrogen and oxygen atoms in total. The van der Waals surface area contributed by atoms with E-state index in [2.05, 4.69) is 36.4 Å². The second kappa shape index (κ2) is 15.8. The molecule has 3 aliphatic heterocycles. The molecule has 3 aliphatic rings. The zero-order chi connectivity index (χ0) is 42.9. The van der Waals surface area contributed by atoms with Crippen LogP contribution in [-0.4, -0.2) is 21.8 Å². The first-order valence-electron chi connectivity index (χ1n) is 21.0. The molecular weight excluding hydrogens is 847 g/mol. The van der Waals surface area contributed by atoms with E-state index in [9.17, 15) is 9.59 Å². The van der Waals surface area contributed by atoms with Crippen molar-refractivity contribution in [3.05, 3.63) is 205 Å². The number of hydrogen-bond acceptors (Lipinski definition) is 5. The van der Waals surface area contributed by atoms with E-state index < -0.39 is 11.8 Å². The topological polar surface area (TPSA) is 117 Å². The number of aromatic nitrogens is 4. The van der Waals surface area contributed by atoms with Crippen LogP contribution in [0.1, 0.15) is 32.1 Å². The van der Waals surface area contributed by atoms with Crippen LogP contribution in [0.25, 0.3) is 101 Å². The van der Waals surface area contributed by atoms with Crippen LogP contribution < -0.4 is 20.6 Å². The molecule has 8 bridgehead atoms. The van der Waals surface area contributed by atoms with Crippen molar-refractivity contribution in [2.24, 2.45) is 0 Å². The molecule has 0 atom stereocenters. The van der Waals surface area contributed by atoms with Gasteiger partial charge < -0.3 is 15.7 Å². The predicted molar refractivity (Wildman–Crippen MR) is 256 cm³/mol. The predicted octanol–water partition coefficient (Wildman–Crippen LogP) is 12.1. The van der Waals surface area contributed by atoms with E-state index in [0.717, 1.165) is 66.9 Å². The molecule has 3 aromatic heterocycles. The van der Waals surface area contributed by atoms with Crippen molar-refractivity contribution in [1.82, 2.24) is 19.9 Å². The van der Waals surface area contributed by atoms with Crippen LogP contribution >= 0.6 is 0 Å². The number of nitrogens with zero attached hydrogens (tertiary/aromatic N) is 5. The molecule has 0 fully saturated rings. The minimum atomic E-state index is -0.421. The van der Waals surface area contributed by atoms with E-state index >= 15 is 0 Å². The Hall–Kier alpha value is -8.39. The summed E-state index contributed by atoms with van der Waals surface area (Å²) in [5.74, 6) is -0.841. The van der Waals surface area contributed by atoms with Crippen molar-refractivity contribution in [2.75, 3.05) is 10.6 Å². The molecule has 0 unspecified atom stereocenters. The third-order valence-electron chi connectivity index (χ3n) is 12.1. The van der Waals surface area contributed by atoms with Crippen LogP contribution in [-0.2, 0) is 16.5 Å². The third-order valence-corrected chi connectivity index (χ3v) is 12.1. The fourth-order valence-corrected chi connectivity index (χ4v) is 9.16. The van der Waals surface area contributed by atoms with Gasteiger partial charge in [-0.05, 0) is 93.1 Å². The zero-order valence-electron chi connectivity index (χ0n) is 34.4. The molecular formula is C56H34N6NiO2. The number of rotatable bonds is 5. The van der Waals surface area contributed by atoms with Crippen LogP contribution in [0.5, 0.6) is 0 Å². The molecule has 12 rings (SSSR count). The smallest absolute Gasteiger partial charge is 0.657 e. The Kier molecular flexibility index (Phi) is 9.56. The van der Waals surface area contributed by atoms with Gasteiger partial charge in [-0.15, -0.1) is 22.1 Å². The average Bonchev–Trinajstić information content (AvgIpc) is 4.20. The number of hydrogen-bond donors (Lipinski definition) is 1. The SMILES string of the molecule is Nc1ccc(N2C(=O)c3cc4c(cc3C2=O)-c2nc-4c(-c3ccccc3)c3ccc([n-]3)c(-c3ccccc3)c3nc(c(-c4ccccc4)c4ccc([n-]4)c2-c2ccccc2)C=C3)cc1.[Ni+2]. The number of amides is 2. The number of carbonyl (C=O) groups is 2. The first-order chi connectivity index (χ1) is 31.5. The summed E-state index contributed by atoms with van der Waals surface area (Å²) in [5, 5.41) is 0. The Labute approximate surface area is 383 Å². The summed E-state index contributed by atoms with van der Waals surface area (Å²) in [6, 6.07) is 59.1. The number of benzene rings is 6. The summed E-state index contributed by atoms with van der Waals surface area (Å²) >= 11 is 0. The van der Waals surface area contributed by atoms with Crippen LogP contribution in [0.3, 0.4) is 0 Å². The molecule has 0 aliphatic carbocycles. The van der Waals surface area contributed by atoms with Gasteiger partial charge in [-0.1, -0.05) is 146 Å². The first kappa shape index (κ1) is 39.5. The molecule has 0 saturated heterocycles. The van der Waals surface area contributed by atoms with Gasteiger partial charge in [0.05, 0.1) is 39.6 Å². The molecule has 9 heteroatoms. The Morgan fingerprint density at radius 2 is 0.754 bits per heavy atom. The van der Waals surface area contributed by atoms with Gasteiger partial charge in [-0.2, -0.15) is 0 Å². The van der Waals surface area contributed by atoms with E-state index in [1.807, 2.05) is 133 Å². The van der Waals surface area contributed by atoms with E-state index in [0.29, 0.717) is 56.0 Å². The van der Waals surface area contributed by atoms with E-state index in [-0.39, 0.29) is 16.5 Å². The van der Waals surface area contributed by atoms with E-state index in [1.54, 1.807) is 24.3 Å². The van der Waals surface area contributed by atoms with Crippen LogP contribution in [0.2, 0.25) is 0 Å². The quantitative estimate of drug-likeness (QED) is 0.104. The average molecular weight is 882 g/mol. The molecule has 2 amide bonds. The second-order valence-electron chi connectivity index (χ2n) is 15.9. The summed E-state index contributed by atoms with van der Waals surface area (Å²) in [4.78, 5) is 51.9. The summed E-state index contributed by atoms with van der Waals surface area (Å²) in [6.45, 7) is 0. The van der Waals surface area contributed by atoms with Crippen LogP contribution in [0, 0.1) is 0 Å². The van der Waals surface area contributed by atoms with Crippen molar-refractivity contribution in [3.8, 4) is 67.0 Å². The maximum atomic E-state index is 14.4. The van der Waals surface area contributed by atoms with Gasteiger partial charge in [-0.25, -0.2) is 14.9 Å². The Morgan fingerprint density at radius 1 is 0.400 bits per heavy atom. The van der Waals surface area contributed by atoms with Gasteiger partial charge in [0.15, 0.2) is 0 Å². The Balaban J connectivity index is 0.00000469. The Morgan fingerprint density at radius 3 is 1.14 bits per heavy atom. The molecule has 0 spiro atoms. The number of anilines is 2. The van der Waals surface area contributed by atoms with Crippen molar-refractivity contribution < 1.29 is 26.1 Å². The van der Waals surface area contributed by atoms with Gasteiger partial charge in [0.1, 0.15) is 0 Å². The van der Waals surface area contributed by atoms with Crippen molar-refractivity contribution in [1.29, 1.82) is 0 Å². The summed E-state index contributed by atoms with van der Waals surface area (Å²) in [5.41, 5.74) is 21.7. The maximum Gasteiger partial charge on any atom is 2.00 e. The maximum absolute atomic E-state index is 14.4. The number of carbonyl (C=O) groups excluding carboxylic acids is 2. The Bertz CT molecular complexity index is 3370. The fourth-order valence-electron chi connectivity index (χ4n) is 9.16. The molecule has 6 heterocycles. The minimum absolute atomic E-state index is 0. The third kappa shape index (κ3) is 6.52. The summed E-state index contributed by atoms with van der Waals surface area (Å²) in [6.07, 6.45) is 4.12. The van der Waals surface area contributed by atoms with Crippen molar-refractivity contribution in [2.45, 2.75) is 0 Å². The molecule has 2 N–H and O–H groups in total. The van der Waals surface area contributed by atoms with Gasteiger partial charge in [0, 0.05) is 16.8 Å². The monoisotopic (exact) mass is 880 g/mol. The zero-order valence-corrected chi connectivity index (χ0v) is 35.4. The minimum Gasteiger partial charge on any atom is -0.657 e. The van der Waals surface area contributed by atoms with E-state index in [1.165, 1.54) is 4.90 Å². The number of fused-ring (bicyclic) bond motifs is 12. The number of nitrogens with two attached hydrogens (primary N) is 1. The second-order valence-corrected chi connectivity index (χ2v) is 15.9. The van der Waals surface area contributed by atoms with Crippen molar-refractivity contribution in [3.63, 3.8) is 0 Å². The van der Waals surface area contributed by atoms with Gasteiger partial charge in [0.2, 0.25) is 0 Å². The van der Waals surface area contributed by atoms with Crippen LogP contribution in [0.15, 0.2) is 182 Å². The molecule has 310 valence electrons. The molecule has 6 aromatic carbocycles. The van der Waals surface area contributed by atoms with Gasteiger partial charge in [0.25, 0.3) is 11.8 Å². The van der Waals surface area contributed by atoms with E-state index in [4.69, 9.17) is 25.7 Å². The van der Waals surface area contributed by atoms with Crippen molar-refractivity contribution >= 4 is 57.4 Å².